The Morgan fingerprint density at radius 3 is 1.08 bits per heavy atom. The second-order valence-electron chi connectivity index (χ2n) is 20.5. The van der Waals surface area contributed by atoms with Gasteiger partial charge in [0.05, 0.1) is 77.0 Å². The van der Waals surface area contributed by atoms with Crippen LogP contribution in [0.4, 0.5) is 5.69 Å². The van der Waals surface area contributed by atoms with E-state index in [4.69, 9.17) is 24.4 Å². The van der Waals surface area contributed by atoms with E-state index in [0.717, 1.165) is 31.4 Å². The molecule has 0 aromatic heterocycles. The van der Waals surface area contributed by atoms with Gasteiger partial charge in [0.15, 0.2) is 10.9 Å². The van der Waals surface area contributed by atoms with Crippen molar-refractivity contribution in [3.63, 3.8) is 0 Å². The molecule has 480 valence electrons. The number of carbonyl (C=O) groups excluding carboxylic acids is 1. The first-order valence-electron chi connectivity index (χ1n) is 27.1. The van der Waals surface area contributed by atoms with Gasteiger partial charge in [0.1, 0.15) is 0 Å². The summed E-state index contributed by atoms with van der Waals surface area (Å²) in [7, 11) is 0. The molecule has 0 fully saturated rings. The Hall–Kier alpha value is -8.63. The van der Waals surface area contributed by atoms with E-state index in [9.17, 15) is 104 Å². The van der Waals surface area contributed by atoms with Crippen molar-refractivity contribution in [1.29, 1.82) is 0 Å². The first-order valence-corrected chi connectivity index (χ1v) is 28.0. The standard InChI is InChI=1S/C56H73N9O21S2/c66-44(23-58-56(88)59-41-12-9-38(10-13-41)20-43(65(34-54(83)84)35-55(85)86)25-61(27-47(69)70)16-18-63(30-50(75)76)31-51(77)78)14-11-36-1-7-40(8-2-36)22-57-45(87)21-39-5-3-37(4-6-39)19-42(64(32-52(79)80)33-53(81)82)24-60(26-46(67)68)15-17-62(28-48(71)72)29-49(73)74/h1-10,12-13,42-43H,11,14-35H2,(H,57,87)(H,67,68)(H,69,70)(H,71,72)(H,73,74)(H,75,76)(H,77,78)(H,79,80)(H,81,82)(H,83,84)(H,85,86)(H2,58,59,88)/t42-,43?/m0/s1. The number of rotatable bonds is 46. The minimum atomic E-state index is -1.34. The number of aryl methyl sites for hydroxylation is 1. The Bertz CT molecular complexity index is 2840. The topological polar surface area (TPSA) is 446 Å². The average Bonchev–Trinajstić information content (AvgIpc) is 3.62. The summed E-state index contributed by atoms with van der Waals surface area (Å²) < 4.78 is 0. The number of aliphatic carboxylic acids is 10. The average molecular weight is 1270 g/mol. The van der Waals surface area contributed by atoms with Crippen LogP contribution in [0.25, 0.3) is 0 Å². The molecule has 0 aliphatic heterocycles. The zero-order valence-electron chi connectivity index (χ0n) is 47.8. The van der Waals surface area contributed by atoms with Crippen LogP contribution in [-0.2, 0) is 85.0 Å². The van der Waals surface area contributed by atoms with E-state index in [-0.39, 0.29) is 76.0 Å². The van der Waals surface area contributed by atoms with Gasteiger partial charge in [-0.3, -0.25) is 82.1 Å². The lowest BCUT2D eigenvalue weighted by molar-refractivity contribution is -0.145. The van der Waals surface area contributed by atoms with Gasteiger partial charge in [0, 0.05) is 76.4 Å². The third kappa shape index (κ3) is 32.2. The molecule has 0 aliphatic carbocycles. The molecule has 0 heterocycles. The van der Waals surface area contributed by atoms with E-state index >= 15 is 0 Å². The van der Waals surface area contributed by atoms with Crippen LogP contribution < -0.4 is 16.0 Å². The molecule has 0 radical (unpaired) electrons. The maximum absolute atomic E-state index is 12.9. The first kappa shape index (κ1) is 73.6. The summed E-state index contributed by atoms with van der Waals surface area (Å²) in [5, 5.41) is 104. The number of anilines is 1. The molecule has 88 heavy (non-hydrogen) atoms. The van der Waals surface area contributed by atoms with E-state index in [0.29, 0.717) is 41.2 Å². The molecule has 3 aromatic rings. The number of ketones is 1. The summed E-state index contributed by atoms with van der Waals surface area (Å²) in [5.41, 5.74) is 4.36. The maximum atomic E-state index is 12.9. The number of carboxylic acid groups (broad SMARTS) is 10. The fourth-order valence-electron chi connectivity index (χ4n) is 9.21. The highest BCUT2D eigenvalue weighted by atomic mass is 32.1. The van der Waals surface area contributed by atoms with Crippen molar-refractivity contribution >= 4 is 106 Å². The molecule has 0 saturated heterocycles. The van der Waals surface area contributed by atoms with Gasteiger partial charge in [-0.15, -0.1) is 0 Å². The Kier molecular flexibility index (Phi) is 32.2. The van der Waals surface area contributed by atoms with Crippen LogP contribution in [0, 0.1) is 0 Å². The molecule has 3 rings (SSSR count). The van der Waals surface area contributed by atoms with E-state index in [1.54, 1.807) is 48.5 Å². The molecule has 0 saturated carbocycles. The smallest absolute Gasteiger partial charge is 0.317 e. The summed E-state index contributed by atoms with van der Waals surface area (Å²) >= 11 is 11.0. The molecule has 0 spiro atoms. The van der Waals surface area contributed by atoms with Gasteiger partial charge in [0.2, 0.25) is 0 Å². The van der Waals surface area contributed by atoms with E-state index in [1.807, 2.05) is 24.3 Å². The predicted molar refractivity (Wildman–Crippen MR) is 320 cm³/mol. The van der Waals surface area contributed by atoms with E-state index in [1.165, 1.54) is 14.7 Å². The van der Waals surface area contributed by atoms with Crippen molar-refractivity contribution < 1.29 is 104 Å². The van der Waals surface area contributed by atoms with Crippen LogP contribution in [0.15, 0.2) is 72.8 Å². The van der Waals surface area contributed by atoms with Gasteiger partial charge in [0.25, 0.3) is 0 Å². The lowest BCUT2D eigenvalue weighted by Gasteiger charge is -2.34. The van der Waals surface area contributed by atoms with E-state index in [2.05, 4.69) is 16.0 Å². The molecule has 3 aromatic carbocycles. The number of nitrogens with one attached hydrogen (secondary N) is 3. The Balaban J connectivity index is 1.55. The number of benzene rings is 3. The quantitative estimate of drug-likeness (QED) is 0.0312. The van der Waals surface area contributed by atoms with Crippen molar-refractivity contribution in [2.75, 3.05) is 117 Å². The zero-order chi connectivity index (χ0) is 65.5. The normalized spacial score (nSPS) is 12.0. The highest BCUT2D eigenvalue weighted by molar-refractivity contribution is 7.80. The van der Waals surface area contributed by atoms with Crippen LogP contribution >= 0.6 is 24.4 Å². The Morgan fingerprint density at radius 1 is 0.386 bits per heavy atom. The number of carboxylic acids is 10. The molecular weight excluding hydrogens is 1200 g/mol. The highest BCUT2D eigenvalue weighted by Gasteiger charge is 2.30. The van der Waals surface area contributed by atoms with Crippen molar-refractivity contribution in [3.05, 3.63) is 101 Å². The predicted octanol–water partition coefficient (Wildman–Crippen LogP) is -0.685. The zero-order valence-corrected chi connectivity index (χ0v) is 49.4. The molecule has 0 bridgehead atoms. The van der Waals surface area contributed by atoms with Crippen molar-refractivity contribution in [2.24, 2.45) is 0 Å². The van der Waals surface area contributed by atoms with Crippen LogP contribution in [0.1, 0.15) is 34.2 Å². The molecule has 0 aliphatic rings. The summed E-state index contributed by atoms with van der Waals surface area (Å²) in [6.45, 7) is -7.25. The van der Waals surface area contributed by atoms with Crippen molar-refractivity contribution in [3.8, 4) is 0 Å². The van der Waals surface area contributed by atoms with Gasteiger partial charge in [-0.1, -0.05) is 72.9 Å². The largest absolute Gasteiger partial charge is 0.480 e. The Labute approximate surface area is 515 Å². The van der Waals surface area contributed by atoms with Gasteiger partial charge in [-0.25, -0.2) is 0 Å². The summed E-state index contributed by atoms with van der Waals surface area (Å²) in [4.78, 5) is 137. The SMILES string of the molecule is O=C(O)CN(CCN(CC(=O)O)CC(Cc1ccc(NC(=S)NCC(=O)CCc2ccc(CNC(=S)Cc3ccc(C[C@@H](CN(CCN(CC(=O)O)CC(=O)O)CC(=O)O)N(CC(=O)O)CC(=O)O)cc3)cc2)cc1)N(CC(=O)O)CC(=O)O)CC(=O)O. The van der Waals surface area contributed by atoms with Crippen molar-refractivity contribution in [1.82, 2.24) is 40.0 Å². The first-order chi connectivity index (χ1) is 41.5. The van der Waals surface area contributed by atoms with Gasteiger partial charge in [-0.05, 0) is 71.4 Å². The number of nitrogens with zero attached hydrogens (tertiary/aromatic N) is 6. The molecular formula is C56H73N9O21S2. The van der Waals surface area contributed by atoms with Gasteiger partial charge < -0.3 is 67.0 Å². The number of hydrogen-bond acceptors (Lipinski definition) is 19. The summed E-state index contributed by atoms with van der Waals surface area (Å²) in [6.07, 6.45) is 1.09. The lowest BCUT2D eigenvalue weighted by Crippen LogP contribution is -2.51. The molecule has 2 atom stereocenters. The summed E-state index contributed by atoms with van der Waals surface area (Å²) in [5.74, 6) is -13.3. The van der Waals surface area contributed by atoms with Crippen molar-refractivity contribution in [2.45, 2.75) is 50.7 Å². The molecule has 32 heteroatoms. The minimum Gasteiger partial charge on any atom is -0.480 e. The third-order valence-corrected chi connectivity index (χ3v) is 13.7. The minimum absolute atomic E-state index is 0.0360. The number of thiocarbonyl (C=S) groups is 2. The second kappa shape index (κ2) is 38.5. The van der Waals surface area contributed by atoms with Gasteiger partial charge in [-0.2, -0.15) is 0 Å². The molecule has 1 unspecified atom stereocenters. The molecule has 13 N–H and O–H groups in total. The summed E-state index contributed by atoms with van der Waals surface area (Å²) in [6, 6.07) is 19.5. The van der Waals surface area contributed by atoms with Crippen LogP contribution in [0.3, 0.4) is 0 Å². The fraction of sp³-hybridized carbons (Fsp3) is 0.446. The maximum Gasteiger partial charge on any atom is 0.317 e. The monoisotopic (exact) mass is 1270 g/mol. The molecule has 0 amide bonds. The van der Waals surface area contributed by atoms with Crippen LogP contribution in [0.5, 0.6) is 0 Å². The third-order valence-electron chi connectivity index (χ3n) is 13.1. The lowest BCUT2D eigenvalue weighted by atomic mass is 10.0. The Morgan fingerprint density at radius 2 is 0.705 bits per heavy atom. The number of Topliss-reactive ketones (excluding diaryl/α,β-unsaturated/α-hetero) is 1. The van der Waals surface area contributed by atoms with Crippen LogP contribution in [-0.4, -0.2) is 279 Å². The number of hydrogen-bond donors (Lipinski definition) is 13. The fourth-order valence-corrected chi connectivity index (χ4v) is 9.64. The molecule has 30 nitrogen and oxygen atoms in total. The number of carbonyl (C=O) groups is 11. The second-order valence-corrected chi connectivity index (χ2v) is 21.4. The van der Waals surface area contributed by atoms with Gasteiger partial charge >= 0.3 is 59.7 Å². The highest BCUT2D eigenvalue weighted by Crippen LogP contribution is 2.18. The van der Waals surface area contributed by atoms with Crippen LogP contribution in [0.2, 0.25) is 0 Å². The van der Waals surface area contributed by atoms with E-state index < -0.39 is 137 Å².